The van der Waals surface area contributed by atoms with Gasteiger partial charge < -0.3 is 35.0 Å². The Morgan fingerprint density at radius 2 is 1.43 bits per heavy atom. The van der Waals surface area contributed by atoms with E-state index in [9.17, 15) is 34.8 Å². The van der Waals surface area contributed by atoms with Crippen molar-refractivity contribution in [1.82, 2.24) is 0 Å². The summed E-state index contributed by atoms with van der Waals surface area (Å²) in [6, 6.07) is 0. The van der Waals surface area contributed by atoms with E-state index >= 15 is 0 Å². The number of allylic oxidation sites excluding steroid dienone is 14. The lowest BCUT2D eigenvalue weighted by molar-refractivity contribution is -0.161. The fraction of sp³-hybridized carbons (Fsp3) is 0.472. The molecular weight excluding hydrogens is 592 g/mol. The van der Waals surface area contributed by atoms with E-state index in [-0.39, 0.29) is 18.6 Å². The fourth-order valence-corrected chi connectivity index (χ4v) is 4.49. The molecule has 0 amide bonds. The van der Waals surface area contributed by atoms with Crippen LogP contribution in [0.3, 0.4) is 0 Å². The molecule has 10 nitrogen and oxygen atoms in total. The van der Waals surface area contributed by atoms with Crippen molar-refractivity contribution >= 4 is 17.7 Å². The number of hydrogen-bond acceptors (Lipinski definition) is 10. The number of carbonyl (C=O) groups is 3. The Hall–Kier alpha value is -3.67. The zero-order valence-electron chi connectivity index (χ0n) is 27.7. The monoisotopic (exact) mass is 642 g/mol. The van der Waals surface area contributed by atoms with Crippen LogP contribution in [-0.4, -0.2) is 87.0 Å². The molecule has 5 unspecified atom stereocenters. The smallest absolute Gasteiger partial charge is 0.307 e. The first-order valence-electron chi connectivity index (χ1n) is 15.1. The van der Waals surface area contributed by atoms with Gasteiger partial charge in [0.15, 0.2) is 11.9 Å². The molecule has 0 heterocycles. The molecular formula is C36H50O10. The second-order valence-electron chi connectivity index (χ2n) is 12.0. The van der Waals surface area contributed by atoms with Crippen molar-refractivity contribution < 1.29 is 49.4 Å². The van der Waals surface area contributed by atoms with E-state index < -0.39 is 67.5 Å². The molecule has 0 saturated carbocycles. The highest BCUT2D eigenvalue weighted by Crippen LogP contribution is 2.40. The molecule has 1 rings (SSSR count). The Morgan fingerprint density at radius 3 is 2.04 bits per heavy atom. The molecule has 0 radical (unpaired) electrons. The minimum Gasteiger partial charge on any atom is -0.463 e. The summed E-state index contributed by atoms with van der Waals surface area (Å²) < 4.78 is 10.2. The number of ether oxygens (including phenoxy) is 2. The number of hydrogen-bond donors (Lipinski definition) is 5. The third kappa shape index (κ3) is 13.8. The van der Waals surface area contributed by atoms with Gasteiger partial charge in [0.2, 0.25) is 0 Å². The maximum absolute atomic E-state index is 13.1. The number of esters is 2. The quantitative estimate of drug-likeness (QED) is 0.117. The van der Waals surface area contributed by atoms with E-state index in [0.717, 1.165) is 22.3 Å². The Morgan fingerprint density at radius 1 is 0.891 bits per heavy atom. The van der Waals surface area contributed by atoms with Gasteiger partial charge in [-0.25, -0.2) is 0 Å². The highest BCUT2D eigenvalue weighted by Gasteiger charge is 2.40. The summed E-state index contributed by atoms with van der Waals surface area (Å²) in [6.45, 7) is 13.7. The second kappa shape index (κ2) is 19.8. The standard InChI is InChI=1S/C36H50O10/c1-8-23(2)12-9-10-13-24(3)14-11-15-25(4)16-17-27-26(5)33(42)30(20-36(27,6)7)46-32(41)19-18-31(40)45-22-29(39)35(44)34(43)28(38)21-37/h8-17,28-30,34-35,37-39,43-44H,1,18-22H2,2-7H3. The summed E-state index contributed by atoms with van der Waals surface area (Å²) in [4.78, 5) is 37.6. The number of rotatable bonds is 17. The maximum atomic E-state index is 13.1. The van der Waals surface area contributed by atoms with Gasteiger partial charge in [-0.3, -0.25) is 14.4 Å². The minimum atomic E-state index is -1.88. The van der Waals surface area contributed by atoms with Crippen LogP contribution in [0.4, 0.5) is 0 Å². The zero-order valence-corrected chi connectivity index (χ0v) is 27.7. The molecule has 0 aromatic heterocycles. The first kappa shape index (κ1) is 40.4. The summed E-state index contributed by atoms with van der Waals surface area (Å²) >= 11 is 0. The summed E-state index contributed by atoms with van der Waals surface area (Å²) in [5, 5.41) is 47.4. The number of ketones is 1. The largest absolute Gasteiger partial charge is 0.463 e. The maximum Gasteiger partial charge on any atom is 0.307 e. The van der Waals surface area contributed by atoms with Gasteiger partial charge in [-0.15, -0.1) is 0 Å². The Balaban J connectivity index is 2.74. The van der Waals surface area contributed by atoms with Crippen LogP contribution in [0.15, 0.2) is 95.2 Å². The SMILES string of the molecule is C=CC(C)=CC=CC=C(C)C=CC=C(C)C=CC1=C(C)C(=O)C(OC(=O)CCC(=O)OCC(O)C(O)C(O)C(O)CO)CC1(C)C. The summed E-state index contributed by atoms with van der Waals surface area (Å²) in [5.41, 5.74) is 3.99. The second-order valence-corrected chi connectivity index (χ2v) is 12.0. The predicted molar refractivity (Wildman–Crippen MR) is 176 cm³/mol. The van der Waals surface area contributed by atoms with Gasteiger partial charge >= 0.3 is 11.9 Å². The molecule has 0 bridgehead atoms. The molecule has 0 fully saturated rings. The topological polar surface area (TPSA) is 171 Å². The molecule has 0 spiro atoms. The first-order chi connectivity index (χ1) is 21.5. The number of aliphatic hydroxyl groups excluding tert-OH is 5. The summed E-state index contributed by atoms with van der Waals surface area (Å²) in [6.07, 6.45) is 10.7. The number of aliphatic hydroxyl groups is 5. The Bertz CT molecular complexity index is 1290. The molecule has 0 aromatic rings. The van der Waals surface area contributed by atoms with E-state index in [4.69, 9.17) is 14.6 Å². The van der Waals surface area contributed by atoms with Crippen molar-refractivity contribution in [3.8, 4) is 0 Å². The molecule has 0 aromatic carbocycles. The number of Topliss-reactive ketones (excluding diaryl/α,β-unsaturated/α-hetero) is 1. The van der Waals surface area contributed by atoms with Gasteiger partial charge in [0, 0.05) is 6.42 Å². The Kier molecular flexibility index (Phi) is 17.3. The molecule has 10 heteroatoms. The minimum absolute atomic E-state index is 0.257. The lowest BCUT2D eigenvalue weighted by Gasteiger charge is -2.36. The van der Waals surface area contributed by atoms with Crippen LogP contribution in [0.2, 0.25) is 0 Å². The highest BCUT2D eigenvalue weighted by atomic mass is 16.6. The van der Waals surface area contributed by atoms with Crippen LogP contribution < -0.4 is 0 Å². The third-order valence-corrected chi connectivity index (χ3v) is 7.42. The lowest BCUT2D eigenvalue weighted by atomic mass is 9.71. The van der Waals surface area contributed by atoms with Crippen molar-refractivity contribution in [1.29, 1.82) is 0 Å². The third-order valence-electron chi connectivity index (χ3n) is 7.42. The molecule has 1 aliphatic carbocycles. The van der Waals surface area contributed by atoms with Gasteiger partial charge in [0.1, 0.15) is 31.0 Å². The van der Waals surface area contributed by atoms with Crippen molar-refractivity contribution in [2.75, 3.05) is 13.2 Å². The van der Waals surface area contributed by atoms with Crippen molar-refractivity contribution in [3.05, 3.63) is 95.2 Å². The lowest BCUT2D eigenvalue weighted by Crippen LogP contribution is -2.47. The molecule has 1 aliphatic rings. The van der Waals surface area contributed by atoms with Gasteiger partial charge in [-0.2, -0.15) is 0 Å². The normalized spacial score (nSPS) is 20.7. The van der Waals surface area contributed by atoms with E-state index in [0.29, 0.717) is 5.57 Å². The molecule has 5 atom stereocenters. The van der Waals surface area contributed by atoms with E-state index in [1.165, 1.54) is 0 Å². The molecule has 46 heavy (non-hydrogen) atoms. The van der Waals surface area contributed by atoms with Gasteiger partial charge in [-0.1, -0.05) is 97.9 Å². The van der Waals surface area contributed by atoms with Crippen LogP contribution in [0.1, 0.15) is 60.8 Å². The van der Waals surface area contributed by atoms with Crippen LogP contribution in [0.25, 0.3) is 0 Å². The van der Waals surface area contributed by atoms with Crippen LogP contribution in [0.5, 0.6) is 0 Å². The summed E-state index contributed by atoms with van der Waals surface area (Å²) in [5.74, 6) is -1.97. The zero-order chi connectivity index (χ0) is 35.0. The Labute approximate surface area is 272 Å². The van der Waals surface area contributed by atoms with Crippen LogP contribution >= 0.6 is 0 Å². The van der Waals surface area contributed by atoms with Gasteiger partial charge in [0.25, 0.3) is 0 Å². The van der Waals surface area contributed by atoms with Gasteiger partial charge in [0.05, 0.1) is 19.4 Å². The molecule has 0 aliphatic heterocycles. The average Bonchev–Trinajstić information content (AvgIpc) is 3.01. The van der Waals surface area contributed by atoms with Crippen molar-refractivity contribution in [3.63, 3.8) is 0 Å². The molecule has 254 valence electrons. The van der Waals surface area contributed by atoms with Crippen LogP contribution in [0, 0.1) is 5.41 Å². The van der Waals surface area contributed by atoms with Gasteiger partial charge in [-0.05, 0) is 44.3 Å². The van der Waals surface area contributed by atoms with E-state index in [2.05, 4.69) is 6.58 Å². The van der Waals surface area contributed by atoms with Crippen molar-refractivity contribution in [2.45, 2.75) is 91.3 Å². The first-order valence-corrected chi connectivity index (χ1v) is 15.1. The highest BCUT2D eigenvalue weighted by molar-refractivity contribution is 6.01. The van der Waals surface area contributed by atoms with Crippen molar-refractivity contribution in [2.24, 2.45) is 5.41 Å². The van der Waals surface area contributed by atoms with E-state index in [1.807, 2.05) is 89.3 Å². The number of carbonyl (C=O) groups excluding carboxylic acids is 3. The summed E-state index contributed by atoms with van der Waals surface area (Å²) in [7, 11) is 0. The van der Waals surface area contributed by atoms with Crippen LogP contribution in [-0.2, 0) is 23.9 Å². The molecule has 5 N–H and O–H groups in total. The van der Waals surface area contributed by atoms with E-state index in [1.54, 1.807) is 13.0 Å². The fourth-order valence-electron chi connectivity index (χ4n) is 4.49. The molecule has 0 saturated heterocycles. The average molecular weight is 643 g/mol. The predicted octanol–water partition coefficient (Wildman–Crippen LogP) is 3.67.